The molecule has 0 spiro atoms. The molecule has 0 radical (unpaired) electrons. The molecule has 8 atom stereocenters. The number of nitrogens with one attached hydrogen (secondary N) is 1. The van der Waals surface area contributed by atoms with Gasteiger partial charge in [-0.05, 0) is 89.9 Å². The number of hydrogen-bond acceptors (Lipinski definition) is 10. The fourth-order valence-electron chi connectivity index (χ4n) is 10.5. The van der Waals surface area contributed by atoms with Crippen molar-refractivity contribution in [2.45, 2.75) is 359 Å². The molecule has 1 fully saturated rings. The molecular formula is C70H127NO10. The number of carbonyl (C=O) groups excluding carboxylic acids is 2. The first-order valence-electron chi connectivity index (χ1n) is 34.1. The molecule has 1 saturated heterocycles. The summed E-state index contributed by atoms with van der Waals surface area (Å²) in [4.78, 5) is 26.6. The van der Waals surface area contributed by atoms with E-state index in [2.05, 4.69) is 74.7 Å². The monoisotopic (exact) mass is 1140 g/mol. The Labute approximate surface area is 497 Å². The van der Waals surface area contributed by atoms with Gasteiger partial charge < -0.3 is 45.1 Å². The van der Waals surface area contributed by atoms with Crippen LogP contribution in [0.1, 0.15) is 310 Å². The number of aliphatic hydroxyl groups excluding tert-OH is 5. The first-order valence-corrected chi connectivity index (χ1v) is 34.1. The van der Waals surface area contributed by atoms with E-state index in [1.807, 2.05) is 6.08 Å². The Morgan fingerprint density at radius 2 is 0.852 bits per heavy atom. The first-order chi connectivity index (χ1) is 39.7. The van der Waals surface area contributed by atoms with Gasteiger partial charge in [-0.25, -0.2) is 0 Å². The summed E-state index contributed by atoms with van der Waals surface area (Å²) in [6.07, 6.45) is 62.6. The molecule has 472 valence electrons. The first kappa shape index (κ1) is 76.4. The van der Waals surface area contributed by atoms with E-state index in [-0.39, 0.29) is 19.4 Å². The van der Waals surface area contributed by atoms with Crippen LogP contribution in [0.5, 0.6) is 0 Å². The average molecular weight is 1140 g/mol. The number of unbranched alkanes of at least 4 members (excludes halogenated alkanes) is 36. The lowest BCUT2D eigenvalue weighted by Gasteiger charge is -2.41. The van der Waals surface area contributed by atoms with Gasteiger partial charge in [0, 0.05) is 6.42 Å². The van der Waals surface area contributed by atoms with Crippen LogP contribution in [0.3, 0.4) is 0 Å². The van der Waals surface area contributed by atoms with Crippen LogP contribution in [0.4, 0.5) is 0 Å². The van der Waals surface area contributed by atoms with Crippen molar-refractivity contribution in [3.05, 3.63) is 60.8 Å². The number of amides is 1. The fourth-order valence-corrected chi connectivity index (χ4v) is 10.5. The smallest absolute Gasteiger partial charge is 0.306 e. The Morgan fingerprint density at radius 1 is 0.481 bits per heavy atom. The van der Waals surface area contributed by atoms with Gasteiger partial charge in [-0.2, -0.15) is 0 Å². The van der Waals surface area contributed by atoms with Crippen molar-refractivity contribution in [1.29, 1.82) is 0 Å². The number of ether oxygens (including phenoxy) is 3. The van der Waals surface area contributed by atoms with Crippen LogP contribution >= 0.6 is 0 Å². The van der Waals surface area contributed by atoms with Crippen LogP contribution in [0.15, 0.2) is 60.8 Å². The maximum absolute atomic E-state index is 13.4. The molecule has 1 rings (SSSR count). The Bertz CT molecular complexity index is 1550. The Balaban J connectivity index is 2.60. The molecule has 0 aliphatic carbocycles. The second-order valence-electron chi connectivity index (χ2n) is 23.6. The van der Waals surface area contributed by atoms with Gasteiger partial charge in [-0.1, -0.05) is 274 Å². The van der Waals surface area contributed by atoms with Gasteiger partial charge in [0.1, 0.15) is 24.4 Å². The van der Waals surface area contributed by atoms with Crippen LogP contribution < -0.4 is 5.32 Å². The van der Waals surface area contributed by atoms with Crippen molar-refractivity contribution < 1.29 is 49.3 Å². The summed E-state index contributed by atoms with van der Waals surface area (Å²) < 4.78 is 17.7. The zero-order chi connectivity index (χ0) is 58.9. The maximum atomic E-state index is 13.4. The maximum Gasteiger partial charge on any atom is 0.306 e. The van der Waals surface area contributed by atoms with Crippen LogP contribution in [0.2, 0.25) is 0 Å². The lowest BCUT2D eigenvalue weighted by Crippen LogP contribution is -2.61. The lowest BCUT2D eigenvalue weighted by molar-refractivity contribution is -0.305. The molecule has 1 amide bonds. The SMILES string of the molecule is CCCCC/C=C\C/C=C\C/C=C\CCCCCCCCCC(O)C(=O)NC(COC1OC(CO)C(O)C(O)C1OC(=O)CCCCCCCCCCCCC/C=C/CCCCCCCC)C(O)/C=C/CCCCCCCCCCC. The molecule has 11 heteroatoms. The number of esters is 1. The van der Waals surface area contributed by atoms with Crippen LogP contribution in [-0.4, -0.2) is 99.6 Å². The fraction of sp³-hybridized carbons (Fsp3) is 0.829. The van der Waals surface area contributed by atoms with E-state index >= 15 is 0 Å². The summed E-state index contributed by atoms with van der Waals surface area (Å²) in [5.74, 6) is -1.20. The third kappa shape index (κ3) is 45.4. The number of hydrogen-bond donors (Lipinski definition) is 6. The van der Waals surface area contributed by atoms with Crippen molar-refractivity contribution in [2.75, 3.05) is 13.2 Å². The van der Waals surface area contributed by atoms with Gasteiger partial charge in [0.05, 0.1) is 25.4 Å². The standard InChI is InChI=1S/C70H127NO10/c1-4-7-10-13-16-19-22-24-26-28-30-32-34-36-38-40-43-46-49-52-55-58-65(75)81-68-67(77)66(76)64(59-72)80-70(68)79-60-61(62(73)56-53-50-47-44-41-21-18-15-12-9-6-3)71-69(78)63(74)57-54-51-48-45-42-39-37-35-33-31-29-27-25-23-20-17-14-11-8-5-2/h17,20,24-27,31,33,53,56,61-64,66-68,70,72-74,76-77H,4-16,18-19,21-23,28-30,32,34-52,54-55,57-60H2,1-3H3,(H,71,78)/b20-17-,26-24+,27-25-,33-31-,56-53+. The summed E-state index contributed by atoms with van der Waals surface area (Å²) in [5.41, 5.74) is 0. The van der Waals surface area contributed by atoms with Crippen LogP contribution in [0.25, 0.3) is 0 Å². The molecule has 8 unspecified atom stereocenters. The Morgan fingerprint density at radius 3 is 1.31 bits per heavy atom. The van der Waals surface area contributed by atoms with E-state index in [1.54, 1.807) is 6.08 Å². The van der Waals surface area contributed by atoms with E-state index in [1.165, 1.54) is 180 Å². The van der Waals surface area contributed by atoms with Gasteiger partial charge in [0.15, 0.2) is 12.4 Å². The highest BCUT2D eigenvalue weighted by Gasteiger charge is 2.47. The van der Waals surface area contributed by atoms with E-state index in [0.717, 1.165) is 83.5 Å². The second-order valence-corrected chi connectivity index (χ2v) is 23.6. The minimum atomic E-state index is -1.62. The normalized spacial score (nSPS) is 19.0. The highest BCUT2D eigenvalue weighted by molar-refractivity contribution is 5.80. The van der Waals surface area contributed by atoms with E-state index < -0.39 is 67.4 Å². The van der Waals surface area contributed by atoms with Crippen molar-refractivity contribution in [3.8, 4) is 0 Å². The van der Waals surface area contributed by atoms with Crippen molar-refractivity contribution in [2.24, 2.45) is 0 Å². The molecule has 1 heterocycles. The average Bonchev–Trinajstić information content (AvgIpc) is 3.51. The van der Waals surface area contributed by atoms with E-state index in [9.17, 15) is 35.1 Å². The van der Waals surface area contributed by atoms with E-state index in [0.29, 0.717) is 12.8 Å². The highest BCUT2D eigenvalue weighted by atomic mass is 16.7. The van der Waals surface area contributed by atoms with Crippen LogP contribution in [-0.2, 0) is 23.8 Å². The number of allylic oxidation sites excluding steroid dienone is 9. The molecular weight excluding hydrogens is 1010 g/mol. The second kappa shape index (κ2) is 57.8. The Hall–Kier alpha value is -2.64. The zero-order valence-electron chi connectivity index (χ0n) is 52.4. The summed E-state index contributed by atoms with van der Waals surface area (Å²) in [5, 5.41) is 57.1. The zero-order valence-corrected chi connectivity index (χ0v) is 52.4. The predicted octanol–water partition coefficient (Wildman–Crippen LogP) is 17.0. The number of rotatable bonds is 58. The predicted molar refractivity (Wildman–Crippen MR) is 338 cm³/mol. The van der Waals surface area contributed by atoms with Gasteiger partial charge in [-0.3, -0.25) is 9.59 Å². The molecule has 81 heavy (non-hydrogen) atoms. The minimum absolute atomic E-state index is 0.122. The lowest BCUT2D eigenvalue weighted by atomic mass is 9.99. The van der Waals surface area contributed by atoms with Gasteiger partial charge in [-0.15, -0.1) is 0 Å². The largest absolute Gasteiger partial charge is 0.454 e. The highest BCUT2D eigenvalue weighted by Crippen LogP contribution is 2.26. The molecule has 11 nitrogen and oxygen atoms in total. The molecule has 0 aromatic rings. The summed E-state index contributed by atoms with van der Waals surface area (Å²) >= 11 is 0. The molecule has 6 N–H and O–H groups in total. The molecule has 1 aliphatic rings. The molecule has 1 aliphatic heterocycles. The van der Waals surface area contributed by atoms with Crippen molar-refractivity contribution in [1.82, 2.24) is 5.32 Å². The van der Waals surface area contributed by atoms with Crippen molar-refractivity contribution in [3.63, 3.8) is 0 Å². The summed E-state index contributed by atoms with van der Waals surface area (Å²) in [7, 11) is 0. The quantitative estimate of drug-likeness (QED) is 0.0195. The topological polar surface area (TPSA) is 175 Å². The van der Waals surface area contributed by atoms with Crippen LogP contribution in [0, 0.1) is 0 Å². The van der Waals surface area contributed by atoms with Gasteiger partial charge in [0.2, 0.25) is 5.91 Å². The molecule has 0 saturated carbocycles. The summed E-state index contributed by atoms with van der Waals surface area (Å²) in [6, 6.07) is -1.03. The third-order valence-corrected chi connectivity index (χ3v) is 15.9. The van der Waals surface area contributed by atoms with Crippen molar-refractivity contribution >= 4 is 11.9 Å². The van der Waals surface area contributed by atoms with E-state index in [4.69, 9.17) is 14.2 Å². The molecule has 0 aromatic carbocycles. The number of carbonyl (C=O) groups is 2. The number of aliphatic hydroxyl groups is 5. The Kier molecular flexibility index (Phi) is 54.5. The molecule has 0 bridgehead atoms. The van der Waals surface area contributed by atoms with Gasteiger partial charge >= 0.3 is 5.97 Å². The third-order valence-electron chi connectivity index (χ3n) is 15.9. The minimum Gasteiger partial charge on any atom is -0.454 e. The summed E-state index contributed by atoms with van der Waals surface area (Å²) in [6.45, 7) is 5.77. The van der Waals surface area contributed by atoms with Gasteiger partial charge in [0.25, 0.3) is 0 Å². The molecule has 0 aromatic heterocycles.